The SMILES string of the molecule is COc1ccc([C@@H](CC(C)=O)C(=O)N2CCOCC2)cc1. The highest BCUT2D eigenvalue weighted by Crippen LogP contribution is 2.25. The molecule has 21 heavy (non-hydrogen) atoms. The highest BCUT2D eigenvalue weighted by atomic mass is 16.5. The molecule has 0 spiro atoms. The van der Waals surface area contributed by atoms with E-state index in [1.807, 2.05) is 24.3 Å². The lowest BCUT2D eigenvalue weighted by Crippen LogP contribution is -2.43. The van der Waals surface area contributed by atoms with Crippen molar-refractivity contribution >= 4 is 11.7 Å². The van der Waals surface area contributed by atoms with E-state index in [1.54, 1.807) is 12.0 Å². The molecule has 1 aliphatic rings. The maximum atomic E-state index is 12.7. The van der Waals surface area contributed by atoms with Gasteiger partial charge in [-0.15, -0.1) is 0 Å². The molecule has 0 aromatic heterocycles. The summed E-state index contributed by atoms with van der Waals surface area (Å²) in [6.07, 6.45) is 0.225. The number of nitrogens with zero attached hydrogens (tertiary/aromatic N) is 1. The van der Waals surface area contributed by atoms with Crippen molar-refractivity contribution in [3.05, 3.63) is 29.8 Å². The third kappa shape index (κ3) is 4.04. The van der Waals surface area contributed by atoms with Gasteiger partial charge in [0.25, 0.3) is 0 Å². The van der Waals surface area contributed by atoms with Crippen LogP contribution in [0.1, 0.15) is 24.8 Å². The van der Waals surface area contributed by atoms with Crippen molar-refractivity contribution < 1.29 is 19.1 Å². The van der Waals surface area contributed by atoms with E-state index in [2.05, 4.69) is 0 Å². The largest absolute Gasteiger partial charge is 0.497 e. The summed E-state index contributed by atoms with van der Waals surface area (Å²) in [5, 5.41) is 0. The van der Waals surface area contributed by atoms with Gasteiger partial charge in [-0.3, -0.25) is 9.59 Å². The van der Waals surface area contributed by atoms with Gasteiger partial charge in [0.1, 0.15) is 11.5 Å². The van der Waals surface area contributed by atoms with Crippen LogP contribution in [0.25, 0.3) is 0 Å². The second kappa shape index (κ2) is 7.22. The van der Waals surface area contributed by atoms with Crippen LogP contribution in [0.5, 0.6) is 5.75 Å². The van der Waals surface area contributed by atoms with Crippen LogP contribution < -0.4 is 4.74 Å². The van der Waals surface area contributed by atoms with Crippen LogP contribution in [-0.4, -0.2) is 50.0 Å². The normalized spacial score (nSPS) is 16.4. The smallest absolute Gasteiger partial charge is 0.230 e. The predicted octanol–water partition coefficient (Wildman–Crippen LogP) is 1.62. The lowest BCUT2D eigenvalue weighted by Gasteiger charge is -2.30. The van der Waals surface area contributed by atoms with Crippen LogP contribution in [0.2, 0.25) is 0 Å². The molecule has 1 heterocycles. The van der Waals surface area contributed by atoms with Crippen LogP contribution in [-0.2, 0) is 14.3 Å². The van der Waals surface area contributed by atoms with Gasteiger partial charge in [0.15, 0.2) is 0 Å². The molecule has 0 saturated carbocycles. The lowest BCUT2D eigenvalue weighted by atomic mass is 9.92. The number of morpholine rings is 1. The lowest BCUT2D eigenvalue weighted by molar-refractivity contribution is -0.138. The first-order valence-electron chi connectivity index (χ1n) is 7.11. The summed E-state index contributed by atoms with van der Waals surface area (Å²) in [6.45, 7) is 3.80. The van der Waals surface area contributed by atoms with Crippen molar-refractivity contribution in [1.29, 1.82) is 0 Å². The first-order chi connectivity index (χ1) is 10.1. The molecule has 2 rings (SSSR count). The number of carbonyl (C=O) groups is 2. The molecular formula is C16H21NO4. The quantitative estimate of drug-likeness (QED) is 0.827. The zero-order valence-corrected chi connectivity index (χ0v) is 12.5. The van der Waals surface area contributed by atoms with Gasteiger partial charge in [-0.2, -0.15) is 0 Å². The molecule has 0 aliphatic carbocycles. The number of rotatable bonds is 5. The van der Waals surface area contributed by atoms with Gasteiger partial charge in [-0.25, -0.2) is 0 Å². The fraction of sp³-hybridized carbons (Fsp3) is 0.500. The van der Waals surface area contributed by atoms with E-state index in [4.69, 9.17) is 9.47 Å². The summed E-state index contributed by atoms with van der Waals surface area (Å²) in [7, 11) is 1.60. The first-order valence-corrected chi connectivity index (χ1v) is 7.11. The fourth-order valence-electron chi connectivity index (χ4n) is 2.48. The van der Waals surface area contributed by atoms with E-state index in [9.17, 15) is 9.59 Å². The second-order valence-electron chi connectivity index (χ2n) is 5.17. The topological polar surface area (TPSA) is 55.8 Å². The van der Waals surface area contributed by atoms with Gasteiger partial charge in [0.05, 0.1) is 26.2 Å². The molecular weight excluding hydrogens is 270 g/mol. The number of methoxy groups -OCH3 is 1. The van der Waals surface area contributed by atoms with E-state index in [0.717, 1.165) is 11.3 Å². The molecule has 0 N–H and O–H groups in total. The van der Waals surface area contributed by atoms with Gasteiger partial charge in [0.2, 0.25) is 5.91 Å². The van der Waals surface area contributed by atoms with Crippen LogP contribution >= 0.6 is 0 Å². The Morgan fingerprint density at radius 1 is 1.24 bits per heavy atom. The monoisotopic (exact) mass is 291 g/mol. The minimum Gasteiger partial charge on any atom is -0.497 e. The number of Topliss-reactive ketones (excluding diaryl/α,β-unsaturated/α-hetero) is 1. The zero-order chi connectivity index (χ0) is 15.2. The Labute approximate surface area is 124 Å². The van der Waals surface area contributed by atoms with E-state index >= 15 is 0 Å². The number of benzene rings is 1. The van der Waals surface area contributed by atoms with Gasteiger partial charge in [-0.1, -0.05) is 12.1 Å². The Morgan fingerprint density at radius 3 is 2.38 bits per heavy atom. The molecule has 1 fully saturated rings. The zero-order valence-electron chi connectivity index (χ0n) is 12.5. The van der Waals surface area contributed by atoms with Crippen molar-refractivity contribution in [3.8, 4) is 5.75 Å². The fourth-order valence-corrected chi connectivity index (χ4v) is 2.48. The molecule has 1 atom stereocenters. The maximum absolute atomic E-state index is 12.7. The van der Waals surface area contributed by atoms with Gasteiger partial charge in [-0.05, 0) is 24.6 Å². The van der Waals surface area contributed by atoms with Gasteiger partial charge < -0.3 is 14.4 Å². The number of hydrogen-bond donors (Lipinski definition) is 0. The van der Waals surface area contributed by atoms with Crippen LogP contribution in [0, 0.1) is 0 Å². The summed E-state index contributed by atoms with van der Waals surface area (Å²) < 4.78 is 10.4. The van der Waals surface area contributed by atoms with Crippen LogP contribution in [0.4, 0.5) is 0 Å². The van der Waals surface area contributed by atoms with Crippen molar-refractivity contribution in [1.82, 2.24) is 4.90 Å². The standard InChI is InChI=1S/C16H21NO4/c1-12(18)11-15(13-3-5-14(20-2)6-4-13)16(19)17-7-9-21-10-8-17/h3-6,15H,7-11H2,1-2H3/t15-/m1/s1. The maximum Gasteiger partial charge on any atom is 0.230 e. The van der Waals surface area contributed by atoms with Crippen molar-refractivity contribution in [2.75, 3.05) is 33.4 Å². The van der Waals surface area contributed by atoms with E-state index in [0.29, 0.717) is 26.3 Å². The number of hydrogen-bond acceptors (Lipinski definition) is 4. The summed E-state index contributed by atoms with van der Waals surface area (Å²) in [4.78, 5) is 26.0. The van der Waals surface area contributed by atoms with Crippen molar-refractivity contribution in [3.63, 3.8) is 0 Å². The molecule has 0 radical (unpaired) electrons. The average molecular weight is 291 g/mol. The molecule has 1 aromatic rings. The third-order valence-corrected chi connectivity index (χ3v) is 3.63. The molecule has 5 nitrogen and oxygen atoms in total. The molecule has 0 unspecified atom stereocenters. The first kappa shape index (κ1) is 15.5. The molecule has 0 bridgehead atoms. The Kier molecular flexibility index (Phi) is 5.33. The predicted molar refractivity (Wildman–Crippen MR) is 78.4 cm³/mol. The van der Waals surface area contributed by atoms with E-state index in [1.165, 1.54) is 6.92 Å². The molecule has 1 aromatic carbocycles. The van der Waals surface area contributed by atoms with Crippen molar-refractivity contribution in [2.45, 2.75) is 19.3 Å². The number of carbonyl (C=O) groups excluding carboxylic acids is 2. The summed E-state index contributed by atoms with van der Waals surface area (Å²) in [6, 6.07) is 7.33. The average Bonchev–Trinajstić information content (AvgIpc) is 2.53. The van der Waals surface area contributed by atoms with Crippen molar-refractivity contribution in [2.24, 2.45) is 0 Å². The summed E-state index contributed by atoms with van der Waals surface area (Å²) in [5.74, 6) is 0.321. The number of amides is 1. The second-order valence-corrected chi connectivity index (χ2v) is 5.17. The molecule has 114 valence electrons. The Morgan fingerprint density at radius 2 is 1.86 bits per heavy atom. The summed E-state index contributed by atoms with van der Waals surface area (Å²) in [5.41, 5.74) is 0.850. The minimum absolute atomic E-state index is 0.00123. The molecule has 5 heteroatoms. The highest BCUT2D eigenvalue weighted by molar-refractivity contribution is 5.89. The Hall–Kier alpha value is -1.88. The van der Waals surface area contributed by atoms with Gasteiger partial charge in [0, 0.05) is 19.5 Å². The highest BCUT2D eigenvalue weighted by Gasteiger charge is 2.28. The van der Waals surface area contributed by atoms with Crippen LogP contribution in [0.15, 0.2) is 24.3 Å². The molecule has 1 amide bonds. The Bertz CT molecular complexity index is 492. The summed E-state index contributed by atoms with van der Waals surface area (Å²) >= 11 is 0. The number of ether oxygens (including phenoxy) is 2. The number of ketones is 1. The van der Waals surface area contributed by atoms with E-state index < -0.39 is 5.92 Å². The van der Waals surface area contributed by atoms with Gasteiger partial charge >= 0.3 is 0 Å². The van der Waals surface area contributed by atoms with Crippen LogP contribution in [0.3, 0.4) is 0 Å². The van der Waals surface area contributed by atoms with E-state index in [-0.39, 0.29) is 18.1 Å². The minimum atomic E-state index is -0.425. The molecule has 1 aliphatic heterocycles. The molecule has 1 saturated heterocycles. The Balaban J connectivity index is 2.19. The third-order valence-electron chi connectivity index (χ3n) is 3.63.